The van der Waals surface area contributed by atoms with Crippen molar-refractivity contribution in [3.05, 3.63) is 5.82 Å². The Morgan fingerprint density at radius 2 is 1.67 bits per heavy atom. The molecule has 154 valence electrons. The molecule has 1 heterocycles. The molecule has 1 aromatic rings. The van der Waals surface area contributed by atoms with E-state index in [1.807, 2.05) is 6.92 Å². The van der Waals surface area contributed by atoms with Gasteiger partial charge in [-0.15, -0.1) is 10.2 Å². The van der Waals surface area contributed by atoms with Crippen molar-refractivity contribution < 1.29 is 4.79 Å². The first-order valence-corrected chi connectivity index (χ1v) is 11.7. The van der Waals surface area contributed by atoms with Crippen LogP contribution in [0.4, 0.5) is 0 Å². The third kappa shape index (κ3) is 7.13. The molecular weight excluding hydrogens is 356 g/mol. The average Bonchev–Trinajstić information content (AvgIpc) is 3.00. The van der Waals surface area contributed by atoms with Gasteiger partial charge in [0, 0.05) is 19.1 Å². The topological polar surface area (TPSA) is 51.0 Å². The zero-order chi connectivity index (χ0) is 19.8. The molecule has 1 aliphatic carbocycles. The molecular formula is C21H38N4OS. The maximum Gasteiger partial charge on any atom is 0.233 e. The smallest absolute Gasteiger partial charge is 0.233 e. The molecule has 1 aliphatic rings. The standard InChI is InChI=1S/C21H38N4OS/c1-16(2)11-13-24(14-12-17(3)4)20(26)15-27-21-23-22-18(5)25(21)19-9-7-6-8-10-19/h16-17,19H,6-15H2,1-5H3. The number of hydrogen-bond donors (Lipinski definition) is 0. The minimum atomic E-state index is 0.233. The molecule has 27 heavy (non-hydrogen) atoms. The summed E-state index contributed by atoms with van der Waals surface area (Å²) in [5.74, 6) is 2.90. The fourth-order valence-corrected chi connectivity index (χ4v) is 4.57. The van der Waals surface area contributed by atoms with Crippen molar-refractivity contribution in [1.29, 1.82) is 0 Å². The van der Waals surface area contributed by atoms with Crippen LogP contribution in [0.5, 0.6) is 0 Å². The van der Waals surface area contributed by atoms with Crippen LogP contribution < -0.4 is 0 Å². The van der Waals surface area contributed by atoms with Crippen molar-refractivity contribution in [3.63, 3.8) is 0 Å². The quantitative estimate of drug-likeness (QED) is 0.518. The molecule has 5 nitrogen and oxygen atoms in total. The molecule has 0 unspecified atom stereocenters. The lowest BCUT2D eigenvalue weighted by Gasteiger charge is -2.26. The maximum absolute atomic E-state index is 12.9. The Kier molecular flexibility index (Phi) is 9.13. The first kappa shape index (κ1) is 22.3. The molecule has 1 saturated carbocycles. The third-order valence-electron chi connectivity index (χ3n) is 5.41. The summed E-state index contributed by atoms with van der Waals surface area (Å²) >= 11 is 1.56. The van der Waals surface area contributed by atoms with Gasteiger partial charge in [0.1, 0.15) is 5.82 Å². The van der Waals surface area contributed by atoms with E-state index >= 15 is 0 Å². The van der Waals surface area contributed by atoms with Crippen molar-refractivity contribution in [2.45, 2.75) is 90.8 Å². The van der Waals surface area contributed by atoms with Crippen LogP contribution in [0, 0.1) is 18.8 Å². The molecule has 1 amide bonds. The van der Waals surface area contributed by atoms with Crippen LogP contribution in [0.1, 0.15) is 84.5 Å². The second-order valence-electron chi connectivity index (χ2n) is 8.73. The van der Waals surface area contributed by atoms with Gasteiger partial charge < -0.3 is 9.47 Å². The summed E-state index contributed by atoms with van der Waals surface area (Å²) in [4.78, 5) is 14.9. The highest BCUT2D eigenvalue weighted by Crippen LogP contribution is 2.32. The maximum atomic E-state index is 12.9. The molecule has 0 bridgehead atoms. The lowest BCUT2D eigenvalue weighted by atomic mass is 9.95. The molecule has 0 spiro atoms. The van der Waals surface area contributed by atoms with Crippen LogP contribution in [0.2, 0.25) is 0 Å². The van der Waals surface area contributed by atoms with E-state index in [2.05, 4.69) is 47.4 Å². The summed E-state index contributed by atoms with van der Waals surface area (Å²) in [7, 11) is 0. The number of hydrogen-bond acceptors (Lipinski definition) is 4. The van der Waals surface area contributed by atoms with E-state index in [0.717, 1.165) is 36.9 Å². The van der Waals surface area contributed by atoms with Gasteiger partial charge >= 0.3 is 0 Å². The highest BCUT2D eigenvalue weighted by Gasteiger charge is 2.23. The normalized spacial score (nSPS) is 15.7. The minimum absolute atomic E-state index is 0.233. The number of carbonyl (C=O) groups excluding carboxylic acids is 1. The summed E-state index contributed by atoms with van der Waals surface area (Å²) in [6.45, 7) is 12.6. The Hall–Kier alpha value is -1.04. The Bertz CT molecular complexity index is 567. The van der Waals surface area contributed by atoms with Crippen molar-refractivity contribution in [2.24, 2.45) is 11.8 Å². The molecule has 2 rings (SSSR count). The number of nitrogens with zero attached hydrogens (tertiary/aromatic N) is 4. The predicted molar refractivity (Wildman–Crippen MR) is 113 cm³/mol. The van der Waals surface area contributed by atoms with E-state index in [4.69, 9.17) is 0 Å². The van der Waals surface area contributed by atoms with Gasteiger partial charge in [-0.05, 0) is 44.4 Å². The lowest BCUT2D eigenvalue weighted by Crippen LogP contribution is -2.35. The van der Waals surface area contributed by atoms with E-state index in [-0.39, 0.29) is 5.91 Å². The highest BCUT2D eigenvalue weighted by atomic mass is 32.2. The number of thioether (sulfide) groups is 1. The Labute approximate surface area is 169 Å². The van der Waals surface area contributed by atoms with Gasteiger partial charge in [0.25, 0.3) is 0 Å². The fourth-order valence-electron chi connectivity index (χ4n) is 3.61. The van der Waals surface area contributed by atoms with Gasteiger partial charge in [-0.25, -0.2) is 0 Å². The van der Waals surface area contributed by atoms with E-state index in [9.17, 15) is 4.79 Å². The second kappa shape index (κ2) is 11.1. The van der Waals surface area contributed by atoms with Gasteiger partial charge in [0.2, 0.25) is 5.91 Å². The molecule has 6 heteroatoms. The number of aryl methyl sites for hydroxylation is 1. The number of amides is 1. The number of carbonyl (C=O) groups is 1. The van der Waals surface area contributed by atoms with E-state index in [0.29, 0.717) is 23.6 Å². The minimum Gasteiger partial charge on any atom is -0.342 e. The molecule has 0 aliphatic heterocycles. The van der Waals surface area contributed by atoms with Gasteiger partial charge in [-0.2, -0.15) is 0 Å². The summed E-state index contributed by atoms with van der Waals surface area (Å²) in [6.07, 6.45) is 8.43. The Balaban J connectivity index is 1.97. The first-order chi connectivity index (χ1) is 12.9. The zero-order valence-corrected chi connectivity index (χ0v) is 18.7. The number of rotatable bonds is 10. The summed E-state index contributed by atoms with van der Waals surface area (Å²) in [6, 6.07) is 0.504. The van der Waals surface area contributed by atoms with Gasteiger partial charge in [0.15, 0.2) is 5.16 Å². The Morgan fingerprint density at radius 3 is 2.22 bits per heavy atom. The van der Waals surface area contributed by atoms with Crippen molar-refractivity contribution in [1.82, 2.24) is 19.7 Å². The SMILES string of the molecule is Cc1nnc(SCC(=O)N(CCC(C)C)CCC(C)C)n1C1CCCCC1. The molecule has 0 atom stereocenters. The third-order valence-corrected chi connectivity index (χ3v) is 6.33. The van der Waals surface area contributed by atoms with Crippen molar-refractivity contribution in [3.8, 4) is 0 Å². The molecule has 1 fully saturated rings. The average molecular weight is 395 g/mol. The van der Waals surface area contributed by atoms with Gasteiger partial charge in [0.05, 0.1) is 5.75 Å². The van der Waals surface area contributed by atoms with Crippen LogP contribution in [-0.2, 0) is 4.79 Å². The Morgan fingerprint density at radius 1 is 1.07 bits per heavy atom. The monoisotopic (exact) mass is 394 g/mol. The predicted octanol–water partition coefficient (Wildman–Crippen LogP) is 5.10. The largest absolute Gasteiger partial charge is 0.342 e. The van der Waals surface area contributed by atoms with Gasteiger partial charge in [-0.3, -0.25) is 4.79 Å². The van der Waals surface area contributed by atoms with E-state index in [1.165, 1.54) is 32.1 Å². The molecule has 0 N–H and O–H groups in total. The van der Waals surface area contributed by atoms with Gasteiger partial charge in [-0.1, -0.05) is 58.7 Å². The fraction of sp³-hybridized carbons (Fsp3) is 0.857. The van der Waals surface area contributed by atoms with E-state index in [1.54, 1.807) is 11.8 Å². The summed E-state index contributed by atoms with van der Waals surface area (Å²) < 4.78 is 2.28. The van der Waals surface area contributed by atoms with Crippen molar-refractivity contribution >= 4 is 17.7 Å². The van der Waals surface area contributed by atoms with Crippen LogP contribution in [0.15, 0.2) is 5.16 Å². The van der Waals surface area contributed by atoms with Crippen LogP contribution in [-0.4, -0.2) is 44.4 Å². The van der Waals surface area contributed by atoms with Crippen LogP contribution in [0.25, 0.3) is 0 Å². The second-order valence-corrected chi connectivity index (χ2v) is 9.67. The van der Waals surface area contributed by atoms with Crippen molar-refractivity contribution in [2.75, 3.05) is 18.8 Å². The number of aromatic nitrogens is 3. The molecule has 0 radical (unpaired) electrons. The van der Waals surface area contributed by atoms with E-state index < -0.39 is 0 Å². The zero-order valence-electron chi connectivity index (χ0n) is 17.9. The van der Waals surface area contributed by atoms with Crippen LogP contribution >= 0.6 is 11.8 Å². The first-order valence-electron chi connectivity index (χ1n) is 10.7. The summed E-state index contributed by atoms with van der Waals surface area (Å²) in [5.41, 5.74) is 0. The molecule has 1 aromatic heterocycles. The molecule has 0 saturated heterocycles. The lowest BCUT2D eigenvalue weighted by molar-refractivity contribution is -0.128. The summed E-state index contributed by atoms with van der Waals surface area (Å²) in [5, 5.41) is 9.59. The highest BCUT2D eigenvalue weighted by molar-refractivity contribution is 7.99. The van der Waals surface area contributed by atoms with Crippen LogP contribution in [0.3, 0.4) is 0 Å². The molecule has 0 aromatic carbocycles.